The topological polar surface area (TPSA) is 89.0 Å². The van der Waals surface area contributed by atoms with Gasteiger partial charge < -0.3 is 19.0 Å². The second-order valence-corrected chi connectivity index (χ2v) is 8.65. The molecule has 6 rings (SSSR count). The monoisotopic (exact) mass is 468 g/mol. The highest BCUT2D eigenvalue weighted by atomic mass is 16.5. The van der Waals surface area contributed by atoms with Gasteiger partial charge in [0.2, 0.25) is 5.95 Å². The average molecular weight is 469 g/mol. The van der Waals surface area contributed by atoms with Crippen LogP contribution >= 0.6 is 0 Å². The largest absolute Gasteiger partial charge is 0.497 e. The minimum Gasteiger partial charge on any atom is -0.497 e. The fourth-order valence-electron chi connectivity index (χ4n) is 4.70. The van der Waals surface area contributed by atoms with Crippen LogP contribution in [0.1, 0.15) is 17.3 Å². The SMILES string of the molecule is COc1ccc(-c2nnc3c4ccccc4nc(N4CCN(C(=O)c5ccoc5)C(C)C4)n23)cc1. The molecule has 4 heterocycles. The summed E-state index contributed by atoms with van der Waals surface area (Å²) in [7, 11) is 1.65. The Morgan fingerprint density at radius 3 is 2.63 bits per heavy atom. The average Bonchev–Trinajstić information content (AvgIpc) is 3.59. The smallest absolute Gasteiger partial charge is 0.257 e. The molecule has 0 saturated carbocycles. The van der Waals surface area contributed by atoms with Gasteiger partial charge in [0, 0.05) is 36.6 Å². The third kappa shape index (κ3) is 3.56. The van der Waals surface area contributed by atoms with Gasteiger partial charge in [-0.1, -0.05) is 12.1 Å². The van der Waals surface area contributed by atoms with Crippen molar-refractivity contribution in [2.24, 2.45) is 0 Å². The van der Waals surface area contributed by atoms with Crippen LogP contribution in [-0.2, 0) is 0 Å². The number of methoxy groups -OCH3 is 1. The highest BCUT2D eigenvalue weighted by Crippen LogP contribution is 2.30. The molecule has 3 aromatic heterocycles. The summed E-state index contributed by atoms with van der Waals surface area (Å²) in [6.07, 6.45) is 3.02. The Morgan fingerprint density at radius 2 is 1.89 bits per heavy atom. The molecule has 2 aromatic carbocycles. The molecular formula is C26H24N6O3. The van der Waals surface area contributed by atoms with Gasteiger partial charge in [-0.3, -0.25) is 4.79 Å². The normalized spacial score (nSPS) is 16.2. The quantitative estimate of drug-likeness (QED) is 0.395. The molecule has 176 valence electrons. The van der Waals surface area contributed by atoms with E-state index < -0.39 is 0 Å². The van der Waals surface area contributed by atoms with Crippen LogP contribution in [0, 0.1) is 0 Å². The number of carbonyl (C=O) groups is 1. The third-order valence-electron chi connectivity index (χ3n) is 6.52. The summed E-state index contributed by atoms with van der Waals surface area (Å²) < 4.78 is 12.4. The minimum atomic E-state index is -0.0225. The lowest BCUT2D eigenvalue weighted by atomic mass is 10.1. The Bertz CT molecular complexity index is 1510. The van der Waals surface area contributed by atoms with E-state index >= 15 is 0 Å². The zero-order valence-electron chi connectivity index (χ0n) is 19.5. The summed E-state index contributed by atoms with van der Waals surface area (Å²) in [5, 5.41) is 10.0. The first-order chi connectivity index (χ1) is 17.1. The lowest BCUT2D eigenvalue weighted by Crippen LogP contribution is -2.54. The first kappa shape index (κ1) is 21.2. The number of hydrogen-bond donors (Lipinski definition) is 0. The fourth-order valence-corrected chi connectivity index (χ4v) is 4.70. The predicted octanol–water partition coefficient (Wildman–Crippen LogP) is 3.90. The second-order valence-electron chi connectivity index (χ2n) is 8.65. The molecule has 0 radical (unpaired) electrons. The molecule has 1 unspecified atom stereocenters. The van der Waals surface area contributed by atoms with Crippen molar-refractivity contribution in [3.05, 3.63) is 72.7 Å². The second kappa shape index (κ2) is 8.43. The van der Waals surface area contributed by atoms with E-state index in [1.165, 1.54) is 12.5 Å². The van der Waals surface area contributed by atoms with Crippen LogP contribution in [0.25, 0.3) is 27.9 Å². The Hall–Kier alpha value is -4.40. The Kier molecular flexibility index (Phi) is 5.09. The maximum atomic E-state index is 12.9. The van der Waals surface area contributed by atoms with E-state index in [1.807, 2.05) is 57.8 Å². The van der Waals surface area contributed by atoms with Gasteiger partial charge in [0.05, 0.1) is 24.5 Å². The Balaban J connectivity index is 1.43. The number of fused-ring (bicyclic) bond motifs is 3. The van der Waals surface area contributed by atoms with Crippen molar-refractivity contribution < 1.29 is 13.9 Å². The first-order valence-electron chi connectivity index (χ1n) is 11.5. The van der Waals surface area contributed by atoms with Crippen molar-refractivity contribution >= 4 is 28.4 Å². The zero-order chi connectivity index (χ0) is 23.9. The van der Waals surface area contributed by atoms with Crippen LogP contribution in [-0.4, -0.2) is 63.2 Å². The van der Waals surface area contributed by atoms with Gasteiger partial charge in [-0.2, -0.15) is 0 Å². The lowest BCUT2D eigenvalue weighted by Gasteiger charge is -2.40. The van der Waals surface area contributed by atoms with Crippen molar-refractivity contribution in [3.8, 4) is 17.1 Å². The molecule has 1 saturated heterocycles. The summed E-state index contributed by atoms with van der Waals surface area (Å²) in [5.41, 5.74) is 3.09. The van der Waals surface area contributed by atoms with Crippen molar-refractivity contribution in [3.63, 3.8) is 0 Å². The number of para-hydroxylation sites is 1. The molecule has 1 aliphatic heterocycles. The zero-order valence-corrected chi connectivity index (χ0v) is 19.5. The van der Waals surface area contributed by atoms with Gasteiger partial charge in [0.1, 0.15) is 12.0 Å². The minimum absolute atomic E-state index is 0.0182. The number of nitrogens with zero attached hydrogens (tertiary/aromatic N) is 6. The number of hydrogen-bond acceptors (Lipinski definition) is 7. The van der Waals surface area contributed by atoms with Crippen molar-refractivity contribution in [1.29, 1.82) is 0 Å². The van der Waals surface area contributed by atoms with Crippen LogP contribution in [0.4, 0.5) is 5.95 Å². The van der Waals surface area contributed by atoms with Gasteiger partial charge in [-0.05, 0) is 49.4 Å². The standard InChI is InChI=1S/C26H24N6O3/c1-17-15-30(12-13-31(17)25(33)19-11-14-35-16-19)26-27-22-6-4-3-5-21(22)24-29-28-23(32(24)26)18-7-9-20(34-2)10-8-18/h3-11,14,16-17H,12-13,15H2,1-2H3. The molecule has 9 heteroatoms. The number of aromatic nitrogens is 4. The van der Waals surface area contributed by atoms with E-state index in [9.17, 15) is 4.79 Å². The molecule has 0 N–H and O–H groups in total. The molecular weight excluding hydrogens is 444 g/mol. The molecule has 1 atom stereocenters. The number of anilines is 1. The van der Waals surface area contributed by atoms with E-state index in [-0.39, 0.29) is 11.9 Å². The molecule has 1 aliphatic rings. The summed E-state index contributed by atoms with van der Waals surface area (Å²) in [4.78, 5) is 22.1. The van der Waals surface area contributed by atoms with Crippen LogP contribution in [0.5, 0.6) is 5.75 Å². The highest BCUT2D eigenvalue weighted by molar-refractivity contribution is 5.95. The summed E-state index contributed by atoms with van der Waals surface area (Å²) in [6, 6.07) is 17.4. The Labute approximate surface area is 201 Å². The van der Waals surface area contributed by atoms with E-state index in [0.717, 1.165) is 33.8 Å². The molecule has 1 amide bonds. The third-order valence-corrected chi connectivity index (χ3v) is 6.52. The van der Waals surface area contributed by atoms with Gasteiger partial charge in [0.15, 0.2) is 11.5 Å². The molecule has 0 aliphatic carbocycles. The number of carbonyl (C=O) groups excluding carboxylic acids is 1. The Morgan fingerprint density at radius 1 is 1.06 bits per heavy atom. The molecule has 0 spiro atoms. The van der Waals surface area contributed by atoms with Crippen molar-refractivity contribution in [2.75, 3.05) is 31.6 Å². The van der Waals surface area contributed by atoms with Gasteiger partial charge >= 0.3 is 0 Å². The van der Waals surface area contributed by atoms with Gasteiger partial charge in [-0.15, -0.1) is 10.2 Å². The summed E-state index contributed by atoms with van der Waals surface area (Å²) >= 11 is 0. The number of benzene rings is 2. The molecule has 9 nitrogen and oxygen atoms in total. The van der Waals surface area contributed by atoms with Crippen LogP contribution in [0.2, 0.25) is 0 Å². The first-order valence-corrected chi connectivity index (χ1v) is 11.5. The van der Waals surface area contributed by atoms with Crippen molar-refractivity contribution in [1.82, 2.24) is 24.5 Å². The van der Waals surface area contributed by atoms with Crippen LogP contribution in [0.3, 0.4) is 0 Å². The fraction of sp³-hybridized carbons (Fsp3) is 0.231. The van der Waals surface area contributed by atoms with Crippen LogP contribution in [0.15, 0.2) is 71.5 Å². The predicted molar refractivity (Wildman–Crippen MR) is 132 cm³/mol. The van der Waals surface area contributed by atoms with Crippen molar-refractivity contribution in [2.45, 2.75) is 13.0 Å². The number of furan rings is 1. The number of rotatable bonds is 4. The molecule has 5 aromatic rings. The summed E-state index contributed by atoms with van der Waals surface area (Å²) in [5.74, 6) is 2.22. The van der Waals surface area contributed by atoms with Crippen LogP contribution < -0.4 is 9.64 Å². The molecule has 1 fully saturated rings. The highest BCUT2D eigenvalue weighted by Gasteiger charge is 2.31. The number of amides is 1. The van der Waals surface area contributed by atoms with E-state index in [0.29, 0.717) is 31.0 Å². The lowest BCUT2D eigenvalue weighted by molar-refractivity contribution is 0.0672. The molecule has 35 heavy (non-hydrogen) atoms. The van der Waals surface area contributed by atoms with E-state index in [4.69, 9.17) is 14.1 Å². The van der Waals surface area contributed by atoms with E-state index in [1.54, 1.807) is 13.2 Å². The maximum Gasteiger partial charge on any atom is 0.257 e. The maximum absolute atomic E-state index is 12.9. The number of ether oxygens (including phenoxy) is 1. The number of piperazine rings is 1. The summed E-state index contributed by atoms with van der Waals surface area (Å²) in [6.45, 7) is 3.89. The molecule has 0 bridgehead atoms. The van der Waals surface area contributed by atoms with E-state index in [2.05, 4.69) is 22.0 Å². The van der Waals surface area contributed by atoms with Gasteiger partial charge in [-0.25, -0.2) is 9.38 Å². The van der Waals surface area contributed by atoms with Gasteiger partial charge in [0.25, 0.3) is 5.91 Å².